The average molecular weight is 394 g/mol. The number of hydrogen-bond acceptors (Lipinski definition) is 3. The van der Waals surface area contributed by atoms with E-state index >= 15 is 0 Å². The fraction of sp³-hybridized carbons (Fsp3) is 0.263. The second kappa shape index (κ2) is 9.46. The Morgan fingerprint density at radius 2 is 1.77 bits per heavy atom. The van der Waals surface area contributed by atoms with Gasteiger partial charge in [-0.2, -0.15) is 0 Å². The lowest BCUT2D eigenvalue weighted by Gasteiger charge is -2.11. The summed E-state index contributed by atoms with van der Waals surface area (Å²) in [5.74, 6) is -0.108. The molecule has 2 N–H and O–H groups in total. The van der Waals surface area contributed by atoms with Crippen molar-refractivity contribution in [2.45, 2.75) is 12.8 Å². The van der Waals surface area contributed by atoms with Crippen LogP contribution in [0.4, 0.5) is 11.4 Å². The van der Waals surface area contributed by atoms with E-state index in [-0.39, 0.29) is 18.4 Å². The van der Waals surface area contributed by atoms with Crippen LogP contribution in [0.15, 0.2) is 42.5 Å². The van der Waals surface area contributed by atoms with E-state index in [2.05, 4.69) is 10.6 Å². The maximum atomic E-state index is 12.1. The van der Waals surface area contributed by atoms with Gasteiger partial charge >= 0.3 is 0 Å². The lowest BCUT2D eigenvalue weighted by atomic mass is 10.1. The first-order valence-corrected chi connectivity index (χ1v) is 8.88. The Hall–Kier alpha value is -2.24. The molecule has 138 valence electrons. The Kier molecular flexibility index (Phi) is 7.30. The molecular formula is C19H21Cl2N3O2. The second-order valence-corrected chi connectivity index (χ2v) is 6.83. The van der Waals surface area contributed by atoms with Crippen LogP contribution in [-0.4, -0.2) is 37.4 Å². The molecule has 0 radical (unpaired) electrons. The third kappa shape index (κ3) is 6.24. The van der Waals surface area contributed by atoms with Crippen molar-refractivity contribution in [1.29, 1.82) is 0 Å². The van der Waals surface area contributed by atoms with E-state index in [9.17, 15) is 9.59 Å². The highest BCUT2D eigenvalue weighted by molar-refractivity contribution is 6.42. The fourth-order valence-corrected chi connectivity index (χ4v) is 2.57. The molecule has 2 amide bonds. The zero-order valence-corrected chi connectivity index (χ0v) is 16.2. The number of rotatable bonds is 7. The Balaban J connectivity index is 1.87. The minimum absolute atomic E-state index is 0.0743. The van der Waals surface area contributed by atoms with Gasteiger partial charge in [0.15, 0.2) is 0 Å². The molecule has 0 aliphatic rings. The third-order valence-corrected chi connectivity index (χ3v) is 4.45. The van der Waals surface area contributed by atoms with Gasteiger partial charge in [-0.15, -0.1) is 0 Å². The number of nitrogens with zero attached hydrogens (tertiary/aromatic N) is 1. The zero-order chi connectivity index (χ0) is 19.1. The van der Waals surface area contributed by atoms with Gasteiger partial charge in [0, 0.05) is 31.9 Å². The van der Waals surface area contributed by atoms with Gasteiger partial charge in [-0.25, -0.2) is 0 Å². The fourth-order valence-electron chi connectivity index (χ4n) is 2.27. The molecule has 26 heavy (non-hydrogen) atoms. The molecule has 2 aromatic carbocycles. The first-order chi connectivity index (χ1) is 12.3. The Labute approximate surface area is 163 Å². The van der Waals surface area contributed by atoms with Gasteiger partial charge in [0.05, 0.1) is 16.6 Å². The number of hydrogen-bond donors (Lipinski definition) is 2. The largest absolute Gasteiger partial charge is 0.376 e. The standard InChI is InChI=1S/C19H21Cl2N3O2/c1-24(2)19(26)9-6-13-4-3-5-15(10-13)23-18(25)12-22-14-7-8-16(20)17(21)11-14/h3-5,7-8,10-11,22H,6,9,12H2,1-2H3,(H,23,25). The van der Waals surface area contributed by atoms with Gasteiger partial charge in [0.25, 0.3) is 0 Å². The van der Waals surface area contributed by atoms with Crippen molar-refractivity contribution in [2.75, 3.05) is 31.3 Å². The molecule has 5 nitrogen and oxygen atoms in total. The van der Waals surface area contributed by atoms with Gasteiger partial charge in [-0.1, -0.05) is 35.3 Å². The number of benzene rings is 2. The first kappa shape index (κ1) is 20.1. The Morgan fingerprint density at radius 1 is 1.00 bits per heavy atom. The molecule has 0 spiro atoms. The monoisotopic (exact) mass is 393 g/mol. The lowest BCUT2D eigenvalue weighted by Crippen LogP contribution is -2.22. The summed E-state index contributed by atoms with van der Waals surface area (Å²) < 4.78 is 0. The van der Waals surface area contributed by atoms with Crippen molar-refractivity contribution < 1.29 is 9.59 Å². The molecule has 0 unspecified atom stereocenters. The summed E-state index contributed by atoms with van der Waals surface area (Å²) in [7, 11) is 3.47. The van der Waals surface area contributed by atoms with Crippen molar-refractivity contribution in [1.82, 2.24) is 4.90 Å². The van der Waals surface area contributed by atoms with Crippen LogP contribution < -0.4 is 10.6 Å². The molecule has 0 heterocycles. The van der Waals surface area contributed by atoms with Crippen LogP contribution in [0.1, 0.15) is 12.0 Å². The molecular weight excluding hydrogens is 373 g/mol. The topological polar surface area (TPSA) is 61.4 Å². The van der Waals surface area contributed by atoms with E-state index in [1.54, 1.807) is 37.2 Å². The molecule has 0 fully saturated rings. The number of anilines is 2. The van der Waals surface area contributed by atoms with E-state index in [1.807, 2.05) is 24.3 Å². The van der Waals surface area contributed by atoms with E-state index in [4.69, 9.17) is 23.2 Å². The van der Waals surface area contributed by atoms with E-state index < -0.39 is 0 Å². The second-order valence-electron chi connectivity index (χ2n) is 6.02. The van der Waals surface area contributed by atoms with Gasteiger partial charge < -0.3 is 15.5 Å². The van der Waals surface area contributed by atoms with Crippen molar-refractivity contribution in [3.05, 3.63) is 58.1 Å². The zero-order valence-electron chi connectivity index (χ0n) is 14.7. The molecule has 0 aromatic heterocycles. The van der Waals surface area contributed by atoms with E-state index in [1.165, 1.54) is 0 Å². The van der Waals surface area contributed by atoms with Crippen LogP contribution in [0.3, 0.4) is 0 Å². The summed E-state index contributed by atoms with van der Waals surface area (Å²) >= 11 is 11.8. The number of carbonyl (C=O) groups is 2. The highest BCUT2D eigenvalue weighted by atomic mass is 35.5. The van der Waals surface area contributed by atoms with Crippen LogP contribution in [0.5, 0.6) is 0 Å². The first-order valence-electron chi connectivity index (χ1n) is 8.13. The van der Waals surface area contributed by atoms with Crippen molar-refractivity contribution >= 4 is 46.4 Å². The molecule has 7 heteroatoms. The van der Waals surface area contributed by atoms with E-state index in [0.29, 0.717) is 34.3 Å². The van der Waals surface area contributed by atoms with Crippen molar-refractivity contribution in [3.63, 3.8) is 0 Å². The quantitative estimate of drug-likeness (QED) is 0.745. The van der Waals surface area contributed by atoms with Gasteiger partial charge in [0.2, 0.25) is 11.8 Å². The van der Waals surface area contributed by atoms with Crippen LogP contribution in [0, 0.1) is 0 Å². The number of halogens is 2. The maximum absolute atomic E-state index is 12.1. The lowest BCUT2D eigenvalue weighted by molar-refractivity contribution is -0.128. The Bertz CT molecular complexity index is 794. The highest BCUT2D eigenvalue weighted by Crippen LogP contribution is 2.24. The molecule has 0 saturated carbocycles. The van der Waals surface area contributed by atoms with Crippen LogP contribution in [0.25, 0.3) is 0 Å². The number of amides is 2. The summed E-state index contributed by atoms with van der Waals surface area (Å²) in [5.41, 5.74) is 2.40. The molecule has 0 bridgehead atoms. The summed E-state index contributed by atoms with van der Waals surface area (Å²) in [5, 5.41) is 6.72. The molecule has 2 aromatic rings. The SMILES string of the molecule is CN(C)C(=O)CCc1cccc(NC(=O)CNc2ccc(Cl)c(Cl)c2)c1. The van der Waals surface area contributed by atoms with Crippen LogP contribution >= 0.6 is 23.2 Å². The highest BCUT2D eigenvalue weighted by Gasteiger charge is 2.07. The molecule has 0 atom stereocenters. The van der Waals surface area contributed by atoms with Crippen molar-refractivity contribution in [2.24, 2.45) is 0 Å². The molecule has 2 rings (SSSR count). The summed E-state index contributed by atoms with van der Waals surface area (Å²) in [6.45, 7) is 0.0985. The molecule has 0 aliphatic heterocycles. The van der Waals surface area contributed by atoms with Gasteiger partial charge in [-0.05, 0) is 42.3 Å². The summed E-state index contributed by atoms with van der Waals surface area (Å²) in [4.78, 5) is 25.4. The van der Waals surface area contributed by atoms with Gasteiger partial charge in [-0.3, -0.25) is 9.59 Å². The number of aryl methyl sites for hydroxylation is 1. The summed E-state index contributed by atoms with van der Waals surface area (Å²) in [6.07, 6.45) is 1.06. The molecule has 0 aliphatic carbocycles. The van der Waals surface area contributed by atoms with E-state index in [0.717, 1.165) is 5.56 Å². The van der Waals surface area contributed by atoms with Crippen LogP contribution in [-0.2, 0) is 16.0 Å². The predicted molar refractivity (Wildman–Crippen MR) is 107 cm³/mol. The predicted octanol–water partition coefficient (Wildman–Crippen LogP) is 4.06. The minimum Gasteiger partial charge on any atom is -0.376 e. The Morgan fingerprint density at radius 3 is 2.46 bits per heavy atom. The normalized spacial score (nSPS) is 10.3. The third-order valence-electron chi connectivity index (χ3n) is 3.71. The number of carbonyl (C=O) groups excluding carboxylic acids is 2. The van der Waals surface area contributed by atoms with Gasteiger partial charge in [0.1, 0.15) is 0 Å². The number of nitrogens with one attached hydrogen (secondary N) is 2. The maximum Gasteiger partial charge on any atom is 0.243 e. The molecule has 0 saturated heterocycles. The average Bonchev–Trinajstić information content (AvgIpc) is 2.61. The minimum atomic E-state index is -0.183. The van der Waals surface area contributed by atoms with Crippen LogP contribution in [0.2, 0.25) is 10.0 Å². The summed E-state index contributed by atoms with van der Waals surface area (Å²) in [6, 6.07) is 12.6. The van der Waals surface area contributed by atoms with Crippen molar-refractivity contribution in [3.8, 4) is 0 Å². The smallest absolute Gasteiger partial charge is 0.243 e.